The normalized spacial score (nSPS) is 23.8. The Kier molecular flexibility index (Phi) is 4.50. The molecule has 2 aromatic rings. The molecule has 1 aromatic carbocycles. The van der Waals surface area contributed by atoms with Crippen LogP contribution in [-0.2, 0) is 10.4 Å². The summed E-state index contributed by atoms with van der Waals surface area (Å²) in [7, 11) is 0. The summed E-state index contributed by atoms with van der Waals surface area (Å²) in [5, 5.41) is 21.0. The molecule has 3 aliphatic rings. The summed E-state index contributed by atoms with van der Waals surface area (Å²) in [5.41, 5.74) is 1.66. The number of fused-ring (bicyclic) bond motifs is 2. The van der Waals surface area contributed by atoms with Crippen molar-refractivity contribution >= 4 is 29.1 Å². The topological polar surface area (TPSA) is 74.0 Å². The number of allylic oxidation sites excluding steroid dienone is 1. The van der Waals surface area contributed by atoms with Crippen LogP contribution in [-0.4, -0.2) is 38.9 Å². The fourth-order valence-electron chi connectivity index (χ4n) is 4.67. The molecule has 30 heavy (non-hydrogen) atoms. The van der Waals surface area contributed by atoms with Crippen molar-refractivity contribution in [1.29, 1.82) is 0 Å². The van der Waals surface area contributed by atoms with E-state index in [4.69, 9.17) is 5.10 Å². The number of hydrogen-bond acceptors (Lipinski definition) is 6. The highest BCUT2D eigenvalue weighted by Crippen LogP contribution is 2.39. The molecule has 0 saturated heterocycles. The van der Waals surface area contributed by atoms with Crippen LogP contribution in [0, 0.1) is 5.92 Å². The van der Waals surface area contributed by atoms with Gasteiger partial charge in [-0.2, -0.15) is 5.10 Å². The molecule has 1 saturated carbocycles. The number of aldehydes is 1. The first-order chi connectivity index (χ1) is 14.4. The average Bonchev–Trinajstić information content (AvgIpc) is 3.36. The minimum absolute atomic E-state index is 0.191. The second-order valence-corrected chi connectivity index (χ2v) is 8.91. The van der Waals surface area contributed by atoms with Crippen molar-refractivity contribution in [3.8, 4) is 0 Å². The number of hydrazine groups is 1. The van der Waals surface area contributed by atoms with Crippen molar-refractivity contribution in [3.05, 3.63) is 48.1 Å². The van der Waals surface area contributed by atoms with Gasteiger partial charge in [0, 0.05) is 35.5 Å². The second kappa shape index (κ2) is 7.09. The number of aliphatic hydroxyl groups is 1. The van der Waals surface area contributed by atoms with Gasteiger partial charge in [0.1, 0.15) is 12.1 Å². The van der Waals surface area contributed by atoms with E-state index in [-0.39, 0.29) is 5.92 Å². The number of aromatic nitrogens is 2. The lowest BCUT2D eigenvalue weighted by Gasteiger charge is -2.34. The monoisotopic (exact) mass is 405 g/mol. The van der Waals surface area contributed by atoms with Gasteiger partial charge in [0.25, 0.3) is 0 Å². The third kappa shape index (κ3) is 3.23. The van der Waals surface area contributed by atoms with Gasteiger partial charge < -0.3 is 9.90 Å². The highest BCUT2D eigenvalue weighted by Gasteiger charge is 2.31. The Hall–Kier alpha value is -2.93. The largest absolute Gasteiger partial charge is 0.386 e. The predicted octanol–water partition coefficient (Wildman–Crippen LogP) is 3.67. The summed E-state index contributed by atoms with van der Waals surface area (Å²) in [5.74, 6) is 1.08. The third-order valence-electron chi connectivity index (χ3n) is 6.35. The Morgan fingerprint density at radius 2 is 2.00 bits per heavy atom. The molecule has 3 heterocycles. The van der Waals surface area contributed by atoms with E-state index in [1.807, 2.05) is 37.2 Å². The van der Waals surface area contributed by atoms with E-state index in [9.17, 15) is 9.90 Å². The van der Waals surface area contributed by atoms with Gasteiger partial charge in [0.05, 0.1) is 29.4 Å². The number of aliphatic imine (C=N–C) groups is 1. The van der Waals surface area contributed by atoms with Gasteiger partial charge in [-0.25, -0.2) is 10.0 Å². The Morgan fingerprint density at radius 3 is 2.73 bits per heavy atom. The lowest BCUT2D eigenvalue weighted by atomic mass is 9.87. The minimum atomic E-state index is -1.01. The lowest BCUT2D eigenvalue weighted by Crippen LogP contribution is -2.36. The van der Waals surface area contributed by atoms with Gasteiger partial charge in [-0.1, -0.05) is 0 Å². The van der Waals surface area contributed by atoms with Gasteiger partial charge in [-0.3, -0.25) is 9.69 Å². The molecular weight excluding hydrogens is 378 g/mol. The van der Waals surface area contributed by atoms with Crippen LogP contribution < -0.4 is 5.01 Å². The SMILES string of the molecule is CC(C)(O)c1cc2nn(C3CCC(C=O)CC3)cc2cc1N1CC=C2N=CC=CN21. The summed E-state index contributed by atoms with van der Waals surface area (Å²) >= 11 is 0. The first-order valence-corrected chi connectivity index (χ1v) is 10.6. The fourth-order valence-corrected chi connectivity index (χ4v) is 4.67. The molecule has 1 N–H and O–H groups in total. The predicted molar refractivity (Wildman–Crippen MR) is 117 cm³/mol. The van der Waals surface area contributed by atoms with E-state index in [1.54, 1.807) is 6.21 Å². The van der Waals surface area contributed by atoms with Gasteiger partial charge in [0.15, 0.2) is 0 Å². The van der Waals surface area contributed by atoms with Crippen molar-refractivity contribution in [2.75, 3.05) is 11.6 Å². The molecule has 0 unspecified atom stereocenters. The molecular formula is C23H27N5O2. The van der Waals surface area contributed by atoms with Gasteiger partial charge in [0.2, 0.25) is 0 Å². The van der Waals surface area contributed by atoms with Crippen LogP contribution in [0.5, 0.6) is 0 Å². The van der Waals surface area contributed by atoms with E-state index in [0.717, 1.165) is 59.9 Å². The number of nitrogens with zero attached hydrogens (tertiary/aromatic N) is 5. The van der Waals surface area contributed by atoms with E-state index in [0.29, 0.717) is 12.6 Å². The zero-order chi connectivity index (χ0) is 20.9. The lowest BCUT2D eigenvalue weighted by molar-refractivity contribution is -0.112. The van der Waals surface area contributed by atoms with Crippen LogP contribution in [0.4, 0.5) is 5.69 Å². The highest BCUT2D eigenvalue weighted by molar-refractivity contribution is 5.85. The van der Waals surface area contributed by atoms with Crippen molar-refractivity contribution in [3.63, 3.8) is 0 Å². The quantitative estimate of drug-likeness (QED) is 0.786. The number of hydrogen-bond donors (Lipinski definition) is 1. The smallest absolute Gasteiger partial charge is 0.149 e. The molecule has 0 spiro atoms. The number of anilines is 1. The highest BCUT2D eigenvalue weighted by atomic mass is 16.3. The number of carbonyl (C=O) groups is 1. The van der Waals surface area contributed by atoms with Crippen LogP contribution in [0.15, 0.2) is 47.5 Å². The third-order valence-corrected chi connectivity index (χ3v) is 6.35. The van der Waals surface area contributed by atoms with Crippen molar-refractivity contribution in [2.24, 2.45) is 10.9 Å². The van der Waals surface area contributed by atoms with Crippen molar-refractivity contribution in [1.82, 2.24) is 14.8 Å². The Balaban J connectivity index is 1.53. The average molecular weight is 406 g/mol. The summed E-state index contributed by atoms with van der Waals surface area (Å²) < 4.78 is 2.06. The molecule has 7 nitrogen and oxygen atoms in total. The molecule has 0 radical (unpaired) electrons. The Labute approximate surface area is 176 Å². The van der Waals surface area contributed by atoms with E-state index in [2.05, 4.69) is 33.0 Å². The fraction of sp³-hybridized carbons (Fsp3) is 0.435. The number of benzene rings is 1. The summed E-state index contributed by atoms with van der Waals surface area (Å²) in [6, 6.07) is 4.45. The first kappa shape index (κ1) is 19.1. The molecule has 156 valence electrons. The van der Waals surface area contributed by atoms with Gasteiger partial charge in [-0.15, -0.1) is 0 Å². The van der Waals surface area contributed by atoms with Gasteiger partial charge in [-0.05, 0) is 63.8 Å². The molecule has 5 rings (SSSR count). The Morgan fingerprint density at radius 1 is 1.20 bits per heavy atom. The molecule has 0 bridgehead atoms. The van der Waals surface area contributed by atoms with Crippen LogP contribution in [0.1, 0.15) is 51.1 Å². The molecule has 1 aliphatic carbocycles. The van der Waals surface area contributed by atoms with E-state index < -0.39 is 5.60 Å². The van der Waals surface area contributed by atoms with E-state index >= 15 is 0 Å². The van der Waals surface area contributed by atoms with Crippen LogP contribution in [0.2, 0.25) is 0 Å². The van der Waals surface area contributed by atoms with Crippen molar-refractivity contribution in [2.45, 2.75) is 51.2 Å². The minimum Gasteiger partial charge on any atom is -0.386 e. The number of rotatable bonds is 4. The molecule has 0 amide bonds. The zero-order valence-electron chi connectivity index (χ0n) is 17.4. The van der Waals surface area contributed by atoms with Crippen molar-refractivity contribution < 1.29 is 9.90 Å². The maximum atomic E-state index is 11.1. The molecule has 7 heteroatoms. The molecule has 0 atom stereocenters. The maximum Gasteiger partial charge on any atom is 0.149 e. The second-order valence-electron chi connectivity index (χ2n) is 8.91. The molecule has 1 aromatic heterocycles. The molecule has 1 fully saturated rings. The summed E-state index contributed by atoms with van der Waals surface area (Å²) in [4.78, 5) is 15.5. The molecule has 2 aliphatic heterocycles. The number of carbonyl (C=O) groups excluding carboxylic acids is 1. The Bertz CT molecular complexity index is 1070. The standard InChI is InChI=1S/C23H27N5O2/c1-23(2,30)19-13-20-17(14-26(25-20)18-6-4-16(15-29)5-7-18)12-21(19)27-11-8-22-24-9-3-10-28(22)27/h3,8-10,12-16,18,30H,4-7,11H2,1-2H3. The van der Waals surface area contributed by atoms with Gasteiger partial charge >= 0.3 is 0 Å². The summed E-state index contributed by atoms with van der Waals surface area (Å²) in [6.45, 7) is 4.31. The zero-order valence-corrected chi connectivity index (χ0v) is 17.4. The first-order valence-electron chi connectivity index (χ1n) is 10.6. The van der Waals surface area contributed by atoms with Crippen LogP contribution in [0.3, 0.4) is 0 Å². The summed E-state index contributed by atoms with van der Waals surface area (Å²) in [6.07, 6.45) is 14.7. The maximum absolute atomic E-state index is 11.1. The van der Waals surface area contributed by atoms with E-state index in [1.165, 1.54) is 0 Å². The van der Waals surface area contributed by atoms with Crippen LogP contribution >= 0.6 is 0 Å². The van der Waals surface area contributed by atoms with Crippen LogP contribution in [0.25, 0.3) is 10.9 Å².